The summed E-state index contributed by atoms with van der Waals surface area (Å²) in [7, 11) is 0. The van der Waals surface area contributed by atoms with Crippen molar-refractivity contribution in [1.82, 2.24) is 19.9 Å². The molecule has 10 heteroatoms. The molecule has 152 valence electrons. The molecule has 1 aromatic carbocycles. The number of hydrogen-bond donors (Lipinski definition) is 2. The van der Waals surface area contributed by atoms with Crippen molar-refractivity contribution in [3.05, 3.63) is 63.8 Å². The molecule has 2 atom stereocenters. The molecule has 2 N–H and O–H groups in total. The number of halogens is 2. The topological polar surface area (TPSA) is 82.1 Å². The van der Waals surface area contributed by atoms with Crippen molar-refractivity contribution < 1.29 is 8.78 Å². The zero-order valence-electron chi connectivity index (χ0n) is 15.9. The highest BCUT2D eigenvalue weighted by molar-refractivity contribution is 7.07. The van der Waals surface area contributed by atoms with E-state index in [4.69, 9.17) is 4.99 Å². The number of thiophene rings is 1. The summed E-state index contributed by atoms with van der Waals surface area (Å²) in [6, 6.07) is 5.22. The minimum absolute atomic E-state index is 0.206. The number of hydrogen-bond acceptors (Lipinski definition) is 7. The molecular weight excluding hydrogens is 408 g/mol. The van der Waals surface area contributed by atoms with Gasteiger partial charge in [-0.05, 0) is 30.0 Å². The Hall–Kier alpha value is -3.40. The Morgan fingerprint density at radius 2 is 2.03 bits per heavy atom. The molecule has 7 nitrogen and oxygen atoms in total. The maximum atomic E-state index is 14.0. The van der Waals surface area contributed by atoms with Crippen LogP contribution >= 0.6 is 11.3 Å². The standard InChI is InChI=1S/C20H17F2N7S/c1-2-14(27-19-17-18(24-9-23-17)25-10-26-19)20-28-15-3-4-30-16(15)8-29(20)13-6-11(21)5-12(22)7-13/h3-10,14,20H,2H2,1H3,(H2,23,24,25,26,27). The van der Waals surface area contributed by atoms with E-state index in [1.165, 1.54) is 29.8 Å². The van der Waals surface area contributed by atoms with Crippen LogP contribution < -0.4 is 20.1 Å². The van der Waals surface area contributed by atoms with Gasteiger partial charge in [0.15, 0.2) is 11.5 Å². The van der Waals surface area contributed by atoms with Gasteiger partial charge in [-0.2, -0.15) is 0 Å². The lowest BCUT2D eigenvalue weighted by molar-refractivity contribution is 0.535. The van der Waals surface area contributed by atoms with Crippen molar-refractivity contribution in [3.63, 3.8) is 0 Å². The molecule has 0 aliphatic carbocycles. The van der Waals surface area contributed by atoms with Gasteiger partial charge >= 0.3 is 0 Å². The van der Waals surface area contributed by atoms with Crippen molar-refractivity contribution in [3.8, 4) is 0 Å². The van der Waals surface area contributed by atoms with Crippen LogP contribution in [0.25, 0.3) is 17.4 Å². The van der Waals surface area contributed by atoms with Crippen LogP contribution in [0.15, 0.2) is 47.3 Å². The average molecular weight is 425 g/mol. The summed E-state index contributed by atoms with van der Waals surface area (Å²) in [6.45, 7) is 2.02. The van der Waals surface area contributed by atoms with E-state index < -0.39 is 17.8 Å². The monoisotopic (exact) mass is 425 g/mol. The highest BCUT2D eigenvalue weighted by Gasteiger charge is 2.29. The zero-order valence-corrected chi connectivity index (χ0v) is 16.7. The van der Waals surface area contributed by atoms with Crippen LogP contribution in [0, 0.1) is 11.6 Å². The molecule has 4 aromatic rings. The number of anilines is 2. The second-order valence-corrected chi connectivity index (χ2v) is 7.81. The summed E-state index contributed by atoms with van der Waals surface area (Å²) in [5.74, 6) is -0.670. The van der Waals surface area contributed by atoms with E-state index in [2.05, 4.69) is 25.3 Å². The normalized spacial score (nSPS) is 16.6. The molecule has 0 spiro atoms. The quantitative estimate of drug-likeness (QED) is 0.514. The molecule has 2 unspecified atom stereocenters. The first-order chi connectivity index (χ1) is 14.6. The number of aromatic amines is 1. The van der Waals surface area contributed by atoms with Gasteiger partial charge in [0.2, 0.25) is 0 Å². The Morgan fingerprint density at radius 1 is 1.20 bits per heavy atom. The predicted molar refractivity (Wildman–Crippen MR) is 112 cm³/mol. The third kappa shape index (κ3) is 3.28. The second-order valence-electron chi connectivity index (χ2n) is 6.86. The van der Waals surface area contributed by atoms with Crippen LogP contribution in [0.1, 0.15) is 13.3 Å². The van der Waals surface area contributed by atoms with E-state index in [0.717, 1.165) is 16.0 Å². The fourth-order valence-electron chi connectivity index (χ4n) is 3.56. The number of imidazole rings is 1. The van der Waals surface area contributed by atoms with Gasteiger partial charge in [0.25, 0.3) is 0 Å². The van der Waals surface area contributed by atoms with Crippen molar-refractivity contribution >= 4 is 40.2 Å². The van der Waals surface area contributed by atoms with Gasteiger partial charge < -0.3 is 15.2 Å². The maximum absolute atomic E-state index is 14.0. The molecule has 0 saturated carbocycles. The van der Waals surface area contributed by atoms with Crippen LogP contribution in [0.2, 0.25) is 0 Å². The summed E-state index contributed by atoms with van der Waals surface area (Å²) < 4.78 is 28.9. The zero-order chi connectivity index (χ0) is 20.7. The van der Waals surface area contributed by atoms with Gasteiger partial charge in [-0.1, -0.05) is 6.92 Å². The fourth-order valence-corrected chi connectivity index (χ4v) is 4.32. The molecule has 30 heavy (non-hydrogen) atoms. The Balaban J connectivity index is 1.58. The third-order valence-electron chi connectivity index (χ3n) is 4.98. The van der Waals surface area contributed by atoms with Crippen molar-refractivity contribution in [2.75, 3.05) is 10.2 Å². The average Bonchev–Trinajstić information content (AvgIpc) is 3.39. The summed E-state index contributed by atoms with van der Waals surface area (Å²) in [5, 5.41) is 6.22. The largest absolute Gasteiger partial charge is 0.361 e. The Kier molecular flexibility index (Phi) is 4.62. The molecular formula is C20H17F2N7S. The van der Waals surface area contributed by atoms with E-state index in [0.29, 0.717) is 29.1 Å². The number of aromatic nitrogens is 4. The molecule has 0 saturated heterocycles. The first-order valence-electron chi connectivity index (χ1n) is 9.40. The van der Waals surface area contributed by atoms with E-state index in [1.54, 1.807) is 11.2 Å². The number of nitrogens with zero attached hydrogens (tertiary/aromatic N) is 5. The molecule has 1 aliphatic heterocycles. The van der Waals surface area contributed by atoms with Crippen molar-refractivity contribution in [1.29, 1.82) is 0 Å². The summed E-state index contributed by atoms with van der Waals surface area (Å²) >= 11 is 1.53. The second kappa shape index (κ2) is 7.45. The molecule has 0 bridgehead atoms. The Morgan fingerprint density at radius 3 is 2.83 bits per heavy atom. The number of nitrogens with one attached hydrogen (secondary N) is 2. The Labute approximate surface area is 173 Å². The van der Waals surface area contributed by atoms with Gasteiger partial charge in [-0.25, -0.2) is 23.7 Å². The summed E-state index contributed by atoms with van der Waals surface area (Å²) in [6.07, 6.45) is 5.14. The minimum Gasteiger partial charge on any atom is -0.361 e. The molecule has 1 aliphatic rings. The van der Waals surface area contributed by atoms with E-state index in [-0.39, 0.29) is 6.04 Å². The molecule has 0 amide bonds. The predicted octanol–water partition coefficient (Wildman–Crippen LogP) is 2.79. The van der Waals surface area contributed by atoms with Gasteiger partial charge in [0, 0.05) is 18.0 Å². The van der Waals surface area contributed by atoms with Crippen LogP contribution in [-0.2, 0) is 0 Å². The molecule has 5 rings (SSSR count). The van der Waals surface area contributed by atoms with Crippen LogP contribution in [0.4, 0.5) is 20.3 Å². The van der Waals surface area contributed by atoms with Crippen molar-refractivity contribution in [2.45, 2.75) is 25.6 Å². The smallest absolute Gasteiger partial charge is 0.182 e. The number of benzene rings is 1. The number of rotatable bonds is 5. The Bertz CT molecular complexity index is 1310. The van der Waals surface area contributed by atoms with E-state index >= 15 is 0 Å². The van der Waals surface area contributed by atoms with Crippen LogP contribution in [0.3, 0.4) is 0 Å². The first kappa shape index (κ1) is 18.6. The van der Waals surface area contributed by atoms with Gasteiger partial charge in [-0.15, -0.1) is 11.3 Å². The first-order valence-corrected chi connectivity index (χ1v) is 10.3. The molecule has 4 heterocycles. The number of H-pyrrole nitrogens is 1. The maximum Gasteiger partial charge on any atom is 0.182 e. The van der Waals surface area contributed by atoms with Gasteiger partial charge in [0.1, 0.15) is 29.6 Å². The highest BCUT2D eigenvalue weighted by atomic mass is 32.1. The van der Waals surface area contributed by atoms with Gasteiger partial charge in [-0.3, -0.25) is 4.99 Å². The SMILES string of the molecule is CCC(Nc1ncnc2nc[nH]c12)C1N=c2ccsc2=CN1c1cc(F)cc(F)c1. The van der Waals surface area contributed by atoms with Gasteiger partial charge in [0.05, 0.1) is 22.3 Å². The number of fused-ring (bicyclic) bond motifs is 2. The fraction of sp³-hybridized carbons (Fsp3) is 0.200. The lowest BCUT2D eigenvalue weighted by Gasteiger charge is -2.35. The third-order valence-corrected chi connectivity index (χ3v) is 5.82. The van der Waals surface area contributed by atoms with E-state index in [9.17, 15) is 8.78 Å². The lowest BCUT2D eigenvalue weighted by atomic mass is 10.1. The summed E-state index contributed by atoms with van der Waals surface area (Å²) in [5.41, 5.74) is 1.64. The van der Waals surface area contributed by atoms with Crippen LogP contribution in [0.5, 0.6) is 0 Å². The molecule has 3 aromatic heterocycles. The highest BCUT2D eigenvalue weighted by Crippen LogP contribution is 2.26. The summed E-state index contributed by atoms with van der Waals surface area (Å²) in [4.78, 5) is 22.4. The van der Waals surface area contributed by atoms with E-state index in [1.807, 2.05) is 24.6 Å². The minimum atomic E-state index is -0.634. The molecule has 0 fully saturated rings. The molecule has 0 radical (unpaired) electrons. The van der Waals surface area contributed by atoms with Crippen molar-refractivity contribution in [2.24, 2.45) is 4.99 Å². The lowest BCUT2D eigenvalue weighted by Crippen LogP contribution is -2.49. The van der Waals surface area contributed by atoms with Crippen LogP contribution in [-0.4, -0.2) is 32.1 Å².